The number of alkyl halides is 3. The number of aryl methyl sites for hydroxylation is 1. The van der Waals surface area contributed by atoms with Gasteiger partial charge < -0.3 is 10.6 Å². The fourth-order valence-electron chi connectivity index (χ4n) is 1.52. The van der Waals surface area contributed by atoms with Crippen LogP contribution in [-0.2, 0) is 11.0 Å². The van der Waals surface area contributed by atoms with E-state index in [-0.39, 0.29) is 24.0 Å². The first kappa shape index (κ1) is 16.2. The fraction of sp³-hybridized carbons (Fsp3) is 0.308. The third-order valence-corrected chi connectivity index (χ3v) is 3.59. The fourth-order valence-corrected chi connectivity index (χ4v) is 2.23. The van der Waals surface area contributed by atoms with Crippen LogP contribution < -0.4 is 10.6 Å². The zero-order valence-corrected chi connectivity index (χ0v) is 12.4. The van der Waals surface area contributed by atoms with Gasteiger partial charge in [-0.15, -0.1) is 0 Å². The Morgan fingerprint density at radius 2 is 2.05 bits per heavy atom. The molecule has 118 valence electrons. The minimum atomic E-state index is -4.40. The zero-order valence-electron chi connectivity index (χ0n) is 11.6. The number of carbonyl (C=O) groups is 1. The van der Waals surface area contributed by atoms with Crippen molar-refractivity contribution in [3.8, 4) is 0 Å². The smallest absolute Gasteiger partial charge is 0.361 e. The van der Waals surface area contributed by atoms with E-state index in [9.17, 15) is 18.0 Å². The van der Waals surface area contributed by atoms with Crippen molar-refractivity contribution in [1.82, 2.24) is 9.97 Å². The molecule has 2 rings (SSSR count). The second-order valence-corrected chi connectivity index (χ2v) is 5.50. The van der Waals surface area contributed by atoms with Crippen molar-refractivity contribution >= 4 is 28.2 Å². The minimum Gasteiger partial charge on any atom is -0.361 e. The Morgan fingerprint density at radius 3 is 2.64 bits per heavy atom. The molecule has 1 amide bonds. The second kappa shape index (κ2) is 6.73. The molecule has 0 aliphatic carbocycles. The van der Waals surface area contributed by atoms with Crippen molar-refractivity contribution < 1.29 is 18.0 Å². The van der Waals surface area contributed by atoms with Crippen LogP contribution >= 0.6 is 11.3 Å². The number of amides is 1. The van der Waals surface area contributed by atoms with Gasteiger partial charge in [0.05, 0.1) is 6.20 Å². The highest BCUT2D eigenvalue weighted by Gasteiger charge is 2.33. The predicted molar refractivity (Wildman–Crippen MR) is 77.8 cm³/mol. The van der Waals surface area contributed by atoms with Crippen molar-refractivity contribution in [3.05, 3.63) is 35.0 Å². The number of nitrogens with one attached hydrogen (secondary N) is 2. The van der Waals surface area contributed by atoms with Crippen molar-refractivity contribution in [1.29, 1.82) is 0 Å². The van der Waals surface area contributed by atoms with E-state index in [4.69, 9.17) is 0 Å². The molecule has 0 fully saturated rings. The summed E-state index contributed by atoms with van der Waals surface area (Å²) in [4.78, 5) is 18.5. The molecule has 5 nitrogen and oxygen atoms in total. The summed E-state index contributed by atoms with van der Waals surface area (Å²) in [6, 6.07) is 3.49. The van der Waals surface area contributed by atoms with Gasteiger partial charge >= 0.3 is 6.18 Å². The molecule has 22 heavy (non-hydrogen) atoms. The summed E-state index contributed by atoms with van der Waals surface area (Å²) in [5.74, 6) is 0.153. The first-order valence-corrected chi connectivity index (χ1v) is 7.15. The average Bonchev–Trinajstić information content (AvgIpc) is 2.90. The number of hydrogen-bond donors (Lipinski definition) is 2. The lowest BCUT2D eigenvalue weighted by molar-refractivity contribution is -0.134. The van der Waals surface area contributed by atoms with Crippen LogP contribution in [0, 0.1) is 6.92 Å². The molecule has 2 heterocycles. The average molecular weight is 330 g/mol. The summed E-state index contributed by atoms with van der Waals surface area (Å²) in [5.41, 5.74) is 0.976. The third kappa shape index (κ3) is 4.69. The van der Waals surface area contributed by atoms with E-state index in [0.29, 0.717) is 17.2 Å². The van der Waals surface area contributed by atoms with Crippen molar-refractivity contribution in [2.45, 2.75) is 19.5 Å². The molecule has 2 N–H and O–H groups in total. The van der Waals surface area contributed by atoms with E-state index >= 15 is 0 Å². The summed E-state index contributed by atoms with van der Waals surface area (Å²) < 4.78 is 37.2. The molecule has 0 aromatic carbocycles. The summed E-state index contributed by atoms with van der Waals surface area (Å²) >= 11 is 0.506. The van der Waals surface area contributed by atoms with Gasteiger partial charge in [-0.25, -0.2) is 9.97 Å². The van der Waals surface area contributed by atoms with Gasteiger partial charge in [-0.3, -0.25) is 4.79 Å². The van der Waals surface area contributed by atoms with Crippen LogP contribution in [0.25, 0.3) is 0 Å². The topological polar surface area (TPSA) is 66.9 Å². The van der Waals surface area contributed by atoms with Gasteiger partial charge in [-0.2, -0.15) is 13.2 Å². The van der Waals surface area contributed by atoms with E-state index in [1.54, 1.807) is 12.3 Å². The number of halogens is 3. The van der Waals surface area contributed by atoms with E-state index < -0.39 is 11.1 Å². The summed E-state index contributed by atoms with van der Waals surface area (Å²) in [5, 5.41) is 5.42. The van der Waals surface area contributed by atoms with Crippen LogP contribution in [0.1, 0.15) is 16.9 Å². The first-order valence-electron chi connectivity index (χ1n) is 6.34. The Kier molecular flexibility index (Phi) is 4.96. The lowest BCUT2D eigenvalue weighted by Gasteiger charge is -2.05. The highest BCUT2D eigenvalue weighted by molar-refractivity contribution is 7.15. The van der Waals surface area contributed by atoms with Crippen molar-refractivity contribution in [2.24, 2.45) is 0 Å². The number of nitrogens with zero attached hydrogens (tertiary/aromatic N) is 2. The quantitative estimate of drug-likeness (QED) is 0.883. The number of rotatable bonds is 5. The Morgan fingerprint density at radius 1 is 1.27 bits per heavy atom. The van der Waals surface area contributed by atoms with Crippen molar-refractivity contribution in [3.63, 3.8) is 0 Å². The first-order chi connectivity index (χ1) is 10.3. The van der Waals surface area contributed by atoms with Crippen LogP contribution in [0.15, 0.2) is 24.5 Å². The largest absolute Gasteiger partial charge is 0.427 e. The Hall–Kier alpha value is -2.16. The molecule has 0 bridgehead atoms. The molecule has 0 spiro atoms. The molecular weight excluding hydrogens is 317 g/mol. The highest BCUT2D eigenvalue weighted by atomic mass is 32.1. The van der Waals surface area contributed by atoms with Gasteiger partial charge in [0, 0.05) is 19.2 Å². The number of pyridine rings is 1. The van der Waals surface area contributed by atoms with Gasteiger partial charge in [0.1, 0.15) is 10.7 Å². The monoisotopic (exact) mass is 330 g/mol. The van der Waals surface area contributed by atoms with E-state index in [1.807, 2.05) is 13.0 Å². The summed E-state index contributed by atoms with van der Waals surface area (Å²) in [6.07, 6.45) is -1.91. The molecule has 0 aliphatic heterocycles. The highest BCUT2D eigenvalue weighted by Crippen LogP contribution is 2.34. The van der Waals surface area contributed by atoms with Crippen LogP contribution in [0.3, 0.4) is 0 Å². The Bertz CT molecular complexity index is 639. The SMILES string of the molecule is Cc1ccc(NC(=O)CCNc2ncc(C(F)(F)F)s2)nc1. The number of hydrogen-bond acceptors (Lipinski definition) is 5. The van der Waals surface area contributed by atoms with Gasteiger partial charge in [0.2, 0.25) is 5.91 Å². The number of aromatic nitrogens is 2. The van der Waals surface area contributed by atoms with Gasteiger partial charge in [0.15, 0.2) is 5.13 Å². The van der Waals surface area contributed by atoms with Crippen LogP contribution in [0.5, 0.6) is 0 Å². The van der Waals surface area contributed by atoms with Crippen LogP contribution in [0.2, 0.25) is 0 Å². The Labute approximate surface area is 128 Å². The normalized spacial score (nSPS) is 11.3. The van der Waals surface area contributed by atoms with Gasteiger partial charge in [-0.05, 0) is 18.6 Å². The molecule has 9 heteroatoms. The molecule has 0 radical (unpaired) electrons. The molecule has 0 saturated heterocycles. The van der Waals surface area contributed by atoms with E-state index in [0.717, 1.165) is 11.8 Å². The lowest BCUT2D eigenvalue weighted by Crippen LogP contribution is -2.16. The minimum absolute atomic E-state index is 0.0937. The number of carbonyl (C=O) groups excluding carboxylic acids is 1. The third-order valence-electron chi connectivity index (χ3n) is 2.59. The number of anilines is 2. The molecule has 2 aromatic rings. The van der Waals surface area contributed by atoms with Crippen molar-refractivity contribution in [2.75, 3.05) is 17.2 Å². The second-order valence-electron chi connectivity index (χ2n) is 4.47. The summed E-state index contributed by atoms with van der Waals surface area (Å²) in [6.45, 7) is 2.06. The zero-order chi connectivity index (χ0) is 16.2. The molecule has 0 atom stereocenters. The molecule has 2 aromatic heterocycles. The molecule has 0 saturated carbocycles. The molecular formula is C13H13F3N4OS. The maximum Gasteiger partial charge on any atom is 0.427 e. The predicted octanol–water partition coefficient (Wildman–Crippen LogP) is 3.31. The number of thiazole rings is 1. The lowest BCUT2D eigenvalue weighted by atomic mass is 10.3. The maximum absolute atomic E-state index is 12.4. The van der Waals surface area contributed by atoms with Gasteiger partial charge in [0.25, 0.3) is 0 Å². The van der Waals surface area contributed by atoms with E-state index in [2.05, 4.69) is 20.6 Å². The maximum atomic E-state index is 12.4. The standard InChI is InChI=1S/C13H13F3N4OS/c1-8-2-3-10(18-6-8)20-11(21)4-5-17-12-19-7-9(22-12)13(14,15)16/h2-3,6-7H,4-5H2,1H3,(H,17,19)(H,18,20,21). The van der Waals surface area contributed by atoms with Crippen LogP contribution in [0.4, 0.5) is 24.1 Å². The van der Waals surface area contributed by atoms with Crippen LogP contribution in [-0.4, -0.2) is 22.4 Å². The molecule has 0 unspecified atom stereocenters. The summed E-state index contributed by atoms with van der Waals surface area (Å²) in [7, 11) is 0. The molecule has 0 aliphatic rings. The Balaban J connectivity index is 1.77. The van der Waals surface area contributed by atoms with E-state index in [1.165, 1.54) is 0 Å². The van der Waals surface area contributed by atoms with Gasteiger partial charge in [-0.1, -0.05) is 17.4 Å².